The number of carbonyl (C=O) groups excluding carboxylic acids is 7. The number of primary amides is 1. The topological polar surface area (TPSA) is 337 Å². The van der Waals surface area contributed by atoms with Gasteiger partial charge in [0.15, 0.2) is 17.3 Å². The van der Waals surface area contributed by atoms with Crippen LogP contribution in [0.4, 0.5) is 21.9 Å². The molecule has 5 unspecified atom stereocenters. The Kier molecular flexibility index (Phi) is 22.5. The molecule has 0 radical (unpaired) electrons. The smallest absolute Gasteiger partial charge is 0.466 e. The molecule has 5 aliphatic rings. The standard InChI is InChI=1S/C65H84Cl2N11O13PS2/c1-35(2)54(74-58(82)40(21-38(5)79)11-8-9-17-68)47(80)22-41(12-10-18-70-61(69)85)57(81)73-44-15-13-39(14-16-44)31-89-62(93)75(6)19-20-76(7)63(94)90-48-23-45-52(50-36(3)27-71-55(48)50)42(25-66)29-77(45)59(83)64-32-65(33-64,34-64)60(84)78-30-43(26-67)53-46(78)24-49(91-92(86,87)88)56-51(53)37(4)28-72-56/h13-16,23-24,27-28,35,40-43,54,71-72H,8-12,17-22,25-26,29-34,68H2,1-7H3,(H,73,81)(H,74,82)(H3,69,70,85)(H2,86,87,88). The maximum atomic E-state index is 15.0. The number of ether oxygens (including phenoxy) is 2. The maximum absolute atomic E-state index is 15.0. The van der Waals surface area contributed by atoms with Crippen LogP contribution < -0.4 is 46.5 Å². The minimum atomic E-state index is -4.97. The fourth-order valence-electron chi connectivity index (χ4n) is 13.9. The molecule has 3 aromatic carbocycles. The minimum Gasteiger partial charge on any atom is -0.466 e. The van der Waals surface area contributed by atoms with Gasteiger partial charge in [0.2, 0.25) is 23.6 Å². The van der Waals surface area contributed by atoms with Gasteiger partial charge in [0.1, 0.15) is 12.4 Å². The van der Waals surface area contributed by atoms with E-state index >= 15 is 0 Å². The lowest BCUT2D eigenvalue weighted by Crippen LogP contribution is -2.73. The molecule has 2 aliphatic heterocycles. The molecule has 6 amide bonds. The number of carbonyl (C=O) groups is 7. The molecule has 5 atom stereocenters. The van der Waals surface area contributed by atoms with Crippen molar-refractivity contribution in [1.82, 2.24) is 30.4 Å². The molecule has 3 fully saturated rings. The number of fused-ring (bicyclic) bond motifs is 6. The molecule has 5 aromatic rings. The first-order chi connectivity index (χ1) is 44.5. The van der Waals surface area contributed by atoms with Crippen molar-refractivity contribution in [3.05, 3.63) is 76.6 Å². The number of hydrogen-bond donors (Lipinski definition) is 9. The van der Waals surface area contributed by atoms with Crippen molar-refractivity contribution < 1.29 is 61.9 Å². The highest BCUT2D eigenvalue weighted by molar-refractivity contribution is 7.80. The molecule has 24 nitrogen and oxygen atoms in total. The quantitative estimate of drug-likeness (QED) is 0.00897. The summed E-state index contributed by atoms with van der Waals surface area (Å²) >= 11 is 24.8. The number of aryl methyl sites for hydroxylation is 2. The number of ketones is 2. The zero-order valence-electron chi connectivity index (χ0n) is 53.9. The second-order valence-corrected chi connectivity index (χ2v) is 28.6. The summed E-state index contributed by atoms with van der Waals surface area (Å²) in [6.45, 7) is 11.0. The van der Waals surface area contributed by atoms with Crippen LogP contribution in [0.1, 0.15) is 125 Å². The normalized spacial score (nSPS) is 19.5. The van der Waals surface area contributed by atoms with Crippen molar-refractivity contribution in [2.45, 2.75) is 123 Å². The number of phosphoric ester groups is 1. The van der Waals surface area contributed by atoms with Gasteiger partial charge in [-0.05, 0) is 143 Å². The van der Waals surface area contributed by atoms with Gasteiger partial charge >= 0.3 is 13.9 Å². The number of aromatic nitrogens is 2. The van der Waals surface area contributed by atoms with Crippen LogP contribution in [-0.4, -0.2) is 152 Å². The molecular weight excluding hydrogens is 1310 g/mol. The molecule has 0 spiro atoms. The zero-order chi connectivity index (χ0) is 68.3. The van der Waals surface area contributed by atoms with Crippen molar-refractivity contribution >= 4 is 146 Å². The van der Waals surface area contributed by atoms with Gasteiger partial charge in [-0.25, -0.2) is 9.36 Å². The van der Waals surface area contributed by atoms with Crippen molar-refractivity contribution in [3.63, 3.8) is 0 Å². The lowest BCUT2D eigenvalue weighted by Gasteiger charge is -2.69. The average molecular weight is 1390 g/mol. The summed E-state index contributed by atoms with van der Waals surface area (Å²) in [6.07, 6.45) is 6.82. The molecular formula is C65H84Cl2N11O13PS2. The number of thiocarbonyl (C=S) groups is 2. The van der Waals surface area contributed by atoms with E-state index in [0.29, 0.717) is 110 Å². The van der Waals surface area contributed by atoms with E-state index in [9.17, 15) is 47.9 Å². The molecule has 10 rings (SSSR count). The van der Waals surface area contributed by atoms with Gasteiger partial charge in [0, 0.05) is 136 Å². The number of amides is 6. The van der Waals surface area contributed by atoms with E-state index in [2.05, 4.69) is 25.9 Å². The number of phosphoric acid groups is 1. The zero-order valence-corrected chi connectivity index (χ0v) is 57.9. The maximum Gasteiger partial charge on any atom is 0.524 e. The van der Waals surface area contributed by atoms with Gasteiger partial charge in [-0.1, -0.05) is 32.4 Å². The summed E-state index contributed by atoms with van der Waals surface area (Å²) in [5, 5.41) is 10.3. The van der Waals surface area contributed by atoms with E-state index in [-0.39, 0.29) is 108 Å². The Balaban J connectivity index is 0.788. The summed E-state index contributed by atoms with van der Waals surface area (Å²) in [7, 11) is -1.39. The van der Waals surface area contributed by atoms with Crippen LogP contribution in [0.2, 0.25) is 0 Å². The lowest BCUT2D eigenvalue weighted by atomic mass is 9.34. The number of halogens is 2. The number of Topliss-reactive ketones (excluding diaryl/α,β-unsaturated/α-hetero) is 2. The van der Waals surface area contributed by atoms with E-state index in [1.165, 1.54) is 13.0 Å². The number of nitrogens with zero attached hydrogens (tertiary/aromatic N) is 4. The Morgan fingerprint density at radius 1 is 0.777 bits per heavy atom. The third-order valence-electron chi connectivity index (χ3n) is 18.7. The first kappa shape index (κ1) is 71.4. The SMILES string of the molecule is CC(=O)CC(CCCCN)C(=O)NC(C(=O)CC(CCCNC(N)=O)C(=O)Nc1ccc(COC(=S)N(C)CCN(C)C(=S)Oc2cc3c(c4c(C)c[nH]c24)C(CCl)CN3C(=O)C23CC(C(=O)N4CC(CCl)c5c4cc(OP(=O)(O)O)c4[nH]cc(C)c54)(C2)C3)cc1)C(C)C. The third kappa shape index (κ3) is 15.3. The Bertz CT molecular complexity index is 3800. The van der Waals surface area contributed by atoms with Crippen LogP contribution in [0.3, 0.4) is 0 Å². The average Bonchev–Trinajstić information content (AvgIpc) is 0.898. The van der Waals surface area contributed by atoms with Crippen molar-refractivity contribution in [1.29, 1.82) is 0 Å². The fourth-order valence-corrected chi connectivity index (χ4v) is 15.2. The summed E-state index contributed by atoms with van der Waals surface area (Å²) in [5.41, 5.74) is 16.3. The Hall–Kier alpha value is -6.90. The number of unbranched alkanes of at least 4 members (excludes halogenated alkanes) is 1. The third-order valence-corrected chi connectivity index (χ3v) is 20.7. The monoisotopic (exact) mass is 1390 g/mol. The number of hydrogen-bond acceptors (Lipinski definition) is 14. The van der Waals surface area contributed by atoms with E-state index in [1.807, 2.05) is 26.1 Å². The Morgan fingerprint density at radius 2 is 1.30 bits per heavy atom. The van der Waals surface area contributed by atoms with Crippen molar-refractivity contribution in [2.24, 2.45) is 40.1 Å². The number of anilines is 3. The molecule has 0 saturated heterocycles. The first-order valence-corrected chi connectivity index (χ1v) is 35.0. The van der Waals surface area contributed by atoms with Crippen LogP contribution in [0.25, 0.3) is 21.8 Å². The molecule has 3 saturated carbocycles. The number of nitrogens with one attached hydrogen (secondary N) is 5. The fraction of sp³-hybridized carbons (Fsp3) is 0.523. The molecule has 29 heteroatoms. The van der Waals surface area contributed by atoms with Crippen LogP contribution >= 0.6 is 55.5 Å². The molecule has 3 aliphatic carbocycles. The van der Waals surface area contributed by atoms with Gasteiger partial charge in [-0.3, -0.25) is 33.8 Å². The number of rotatable bonds is 30. The van der Waals surface area contributed by atoms with Gasteiger partial charge < -0.3 is 75.8 Å². The number of benzene rings is 3. The molecule has 508 valence electrons. The van der Waals surface area contributed by atoms with E-state index in [1.54, 1.807) is 78.0 Å². The minimum absolute atomic E-state index is 0.0397. The molecule has 94 heavy (non-hydrogen) atoms. The molecule has 4 heterocycles. The largest absolute Gasteiger partial charge is 0.524 e. The van der Waals surface area contributed by atoms with Crippen molar-refractivity contribution in [3.8, 4) is 11.5 Å². The van der Waals surface area contributed by atoms with Crippen molar-refractivity contribution in [2.75, 3.05) is 80.2 Å². The summed E-state index contributed by atoms with van der Waals surface area (Å²) in [6, 6.07) is 8.67. The van der Waals surface area contributed by atoms with E-state index in [4.69, 9.17) is 73.1 Å². The van der Waals surface area contributed by atoms with Crippen LogP contribution in [0, 0.1) is 42.4 Å². The summed E-state index contributed by atoms with van der Waals surface area (Å²) in [5.74, 6) is -2.99. The van der Waals surface area contributed by atoms with Gasteiger partial charge in [0.25, 0.3) is 10.3 Å². The van der Waals surface area contributed by atoms with Crippen LogP contribution in [-0.2, 0) is 44.7 Å². The Morgan fingerprint density at radius 3 is 1.81 bits per heavy atom. The first-order valence-electron chi connectivity index (χ1n) is 31.6. The number of aromatic amines is 2. The predicted molar refractivity (Wildman–Crippen MR) is 368 cm³/mol. The van der Waals surface area contributed by atoms with Gasteiger partial charge in [-0.2, -0.15) is 0 Å². The Labute approximate surface area is 566 Å². The summed E-state index contributed by atoms with van der Waals surface area (Å²) in [4.78, 5) is 128. The summed E-state index contributed by atoms with van der Waals surface area (Å²) < 4.78 is 29.8. The van der Waals surface area contributed by atoms with E-state index < -0.39 is 54.4 Å². The lowest BCUT2D eigenvalue weighted by molar-refractivity contribution is -0.205. The molecule has 2 aromatic heterocycles. The highest BCUT2D eigenvalue weighted by Crippen LogP contribution is 2.75. The van der Waals surface area contributed by atoms with Gasteiger partial charge in [-0.15, -0.1) is 23.2 Å². The number of urea groups is 1. The molecule has 2 bridgehead atoms. The molecule has 11 N–H and O–H groups in total. The van der Waals surface area contributed by atoms with Crippen LogP contribution in [0.5, 0.6) is 11.5 Å². The van der Waals surface area contributed by atoms with E-state index in [0.717, 1.165) is 33.2 Å². The predicted octanol–water partition coefficient (Wildman–Crippen LogP) is 8.80. The second-order valence-electron chi connectivity index (χ2n) is 26.1. The van der Waals surface area contributed by atoms with Crippen LogP contribution in [0.15, 0.2) is 48.8 Å². The number of H-pyrrole nitrogens is 2. The number of nitrogens with two attached hydrogens (primary N) is 2. The second kappa shape index (κ2) is 29.6. The number of alkyl halides is 2. The highest BCUT2D eigenvalue weighted by Gasteiger charge is 2.76. The number of likely N-dealkylation sites (N-methyl/N-ethyl adjacent to an activating group) is 2. The van der Waals surface area contributed by atoms with Gasteiger partial charge in [0.05, 0.1) is 39.3 Å². The highest BCUT2D eigenvalue weighted by atomic mass is 35.5.